The van der Waals surface area contributed by atoms with Gasteiger partial charge in [0.15, 0.2) is 0 Å². The molecule has 104 valence electrons. The van der Waals surface area contributed by atoms with E-state index in [0.29, 0.717) is 12.0 Å². The van der Waals surface area contributed by atoms with E-state index in [1.807, 2.05) is 6.20 Å². The molecule has 0 saturated carbocycles. The Morgan fingerprint density at radius 3 is 2.65 bits per heavy atom. The molecule has 2 heterocycles. The zero-order chi connectivity index (χ0) is 14.1. The van der Waals surface area contributed by atoms with Gasteiger partial charge in [-0.25, -0.2) is 4.98 Å². The number of benzene rings is 1. The second-order valence-electron chi connectivity index (χ2n) is 5.72. The quantitative estimate of drug-likeness (QED) is 0.694. The van der Waals surface area contributed by atoms with E-state index in [4.69, 9.17) is 0 Å². The number of imidazole rings is 1. The van der Waals surface area contributed by atoms with Crippen molar-refractivity contribution in [3.05, 3.63) is 54.7 Å². The molecule has 0 N–H and O–H groups in total. The van der Waals surface area contributed by atoms with Gasteiger partial charge in [0.05, 0.1) is 0 Å². The highest BCUT2D eigenvalue weighted by molar-refractivity contribution is 5.79. The molecule has 0 aliphatic rings. The summed E-state index contributed by atoms with van der Waals surface area (Å²) in [7, 11) is 0. The first-order valence-corrected chi connectivity index (χ1v) is 7.23. The van der Waals surface area contributed by atoms with Gasteiger partial charge in [0.1, 0.15) is 5.82 Å². The zero-order valence-electron chi connectivity index (χ0n) is 12.3. The fraction of sp³-hybridized carbons (Fsp3) is 0.353. The van der Waals surface area contributed by atoms with Gasteiger partial charge in [-0.15, -0.1) is 0 Å². The Morgan fingerprint density at radius 2 is 1.85 bits per heavy atom. The topological polar surface area (TPSA) is 22.8 Å². The highest BCUT2D eigenvalue weighted by Gasteiger charge is 2.13. The third kappa shape index (κ3) is 2.24. The Kier molecular flexibility index (Phi) is 3.35. The van der Waals surface area contributed by atoms with E-state index in [-0.39, 0.29) is 0 Å². The highest BCUT2D eigenvalue weighted by Crippen LogP contribution is 2.21. The Balaban J connectivity index is 1.89. The molecule has 3 heteroatoms. The van der Waals surface area contributed by atoms with Crippen molar-refractivity contribution < 1.29 is 0 Å². The maximum atomic E-state index is 4.48. The van der Waals surface area contributed by atoms with Crippen LogP contribution in [0.2, 0.25) is 0 Å². The summed E-state index contributed by atoms with van der Waals surface area (Å²) >= 11 is 0. The van der Waals surface area contributed by atoms with Crippen molar-refractivity contribution in [1.29, 1.82) is 0 Å². The van der Waals surface area contributed by atoms with Gasteiger partial charge in [-0.1, -0.05) is 32.0 Å². The van der Waals surface area contributed by atoms with Crippen LogP contribution in [-0.2, 0) is 6.54 Å². The molecule has 2 aromatic heterocycles. The van der Waals surface area contributed by atoms with Crippen molar-refractivity contribution in [2.45, 2.75) is 39.3 Å². The third-order valence-electron chi connectivity index (χ3n) is 3.83. The minimum absolute atomic E-state index is 0.394. The molecule has 0 amide bonds. The lowest BCUT2D eigenvalue weighted by molar-refractivity contribution is 0.450. The van der Waals surface area contributed by atoms with Crippen LogP contribution in [0.25, 0.3) is 10.9 Å². The van der Waals surface area contributed by atoms with E-state index >= 15 is 0 Å². The average molecular weight is 267 g/mol. The van der Waals surface area contributed by atoms with Gasteiger partial charge in [-0.05, 0) is 24.4 Å². The number of hydrogen-bond donors (Lipinski definition) is 0. The minimum Gasteiger partial charge on any atom is -0.345 e. The molecule has 3 rings (SSSR count). The molecule has 3 nitrogen and oxygen atoms in total. The van der Waals surface area contributed by atoms with Gasteiger partial charge in [0.25, 0.3) is 0 Å². The van der Waals surface area contributed by atoms with Crippen molar-refractivity contribution in [1.82, 2.24) is 14.1 Å². The number of rotatable bonds is 4. The smallest absolute Gasteiger partial charge is 0.111 e. The third-order valence-corrected chi connectivity index (χ3v) is 3.83. The van der Waals surface area contributed by atoms with Crippen LogP contribution in [0, 0.1) is 0 Å². The predicted molar refractivity (Wildman–Crippen MR) is 83.0 cm³/mol. The second-order valence-corrected chi connectivity index (χ2v) is 5.72. The van der Waals surface area contributed by atoms with Gasteiger partial charge in [0.2, 0.25) is 0 Å². The van der Waals surface area contributed by atoms with Crippen molar-refractivity contribution in [2.24, 2.45) is 0 Å². The molecule has 0 fully saturated rings. The van der Waals surface area contributed by atoms with Crippen LogP contribution < -0.4 is 0 Å². The number of nitrogens with zero attached hydrogens (tertiary/aromatic N) is 3. The first-order chi connectivity index (χ1) is 9.66. The standard InChI is InChI=1S/C17H21N3/c1-13(2)17-18-9-11-20(17)14(3)12-19-10-8-15-6-4-5-7-16(15)19/h4-11,13-14H,12H2,1-3H3. The second kappa shape index (κ2) is 5.16. The van der Waals surface area contributed by atoms with Crippen molar-refractivity contribution in [2.75, 3.05) is 0 Å². The van der Waals surface area contributed by atoms with Crippen LogP contribution in [0.1, 0.15) is 38.6 Å². The summed E-state index contributed by atoms with van der Waals surface area (Å²) in [4.78, 5) is 4.48. The van der Waals surface area contributed by atoms with Gasteiger partial charge in [-0.2, -0.15) is 0 Å². The van der Waals surface area contributed by atoms with Crippen LogP contribution in [0.3, 0.4) is 0 Å². The van der Waals surface area contributed by atoms with Crippen LogP contribution in [0.5, 0.6) is 0 Å². The predicted octanol–water partition coefficient (Wildman–Crippen LogP) is 4.22. The summed E-state index contributed by atoms with van der Waals surface area (Å²) in [5.74, 6) is 1.61. The number of hydrogen-bond acceptors (Lipinski definition) is 1. The summed E-state index contributed by atoms with van der Waals surface area (Å²) in [6.07, 6.45) is 6.17. The fourth-order valence-electron chi connectivity index (χ4n) is 2.82. The Hall–Kier alpha value is -2.03. The van der Waals surface area contributed by atoms with Crippen molar-refractivity contribution >= 4 is 10.9 Å². The van der Waals surface area contributed by atoms with Crippen molar-refractivity contribution in [3.63, 3.8) is 0 Å². The van der Waals surface area contributed by atoms with Gasteiger partial charge >= 0.3 is 0 Å². The molecule has 3 aromatic rings. The number of aromatic nitrogens is 3. The monoisotopic (exact) mass is 267 g/mol. The molecule has 1 atom stereocenters. The molecule has 20 heavy (non-hydrogen) atoms. The first-order valence-electron chi connectivity index (χ1n) is 7.23. The first kappa shape index (κ1) is 13.0. The van der Waals surface area contributed by atoms with Crippen LogP contribution >= 0.6 is 0 Å². The Morgan fingerprint density at radius 1 is 1.05 bits per heavy atom. The summed E-state index contributed by atoms with van der Waals surface area (Å²) < 4.78 is 4.61. The SMILES string of the molecule is CC(C)c1nccn1C(C)Cn1ccc2ccccc21. The van der Waals surface area contributed by atoms with Gasteiger partial charge in [-0.3, -0.25) is 0 Å². The van der Waals surface area contributed by atoms with Gasteiger partial charge < -0.3 is 9.13 Å². The molecular formula is C17H21N3. The molecule has 1 aromatic carbocycles. The number of para-hydroxylation sites is 1. The minimum atomic E-state index is 0.394. The van der Waals surface area contributed by atoms with Crippen LogP contribution in [-0.4, -0.2) is 14.1 Å². The largest absolute Gasteiger partial charge is 0.345 e. The normalized spacial score (nSPS) is 13.2. The molecule has 0 bridgehead atoms. The lowest BCUT2D eigenvalue weighted by Crippen LogP contribution is -2.15. The van der Waals surface area contributed by atoms with E-state index in [1.165, 1.54) is 10.9 Å². The summed E-state index contributed by atoms with van der Waals surface area (Å²) in [6, 6.07) is 11.1. The Bertz CT molecular complexity index is 706. The van der Waals surface area contributed by atoms with Crippen LogP contribution in [0.4, 0.5) is 0 Å². The van der Waals surface area contributed by atoms with E-state index in [0.717, 1.165) is 12.4 Å². The highest BCUT2D eigenvalue weighted by atomic mass is 15.1. The molecule has 0 radical (unpaired) electrons. The molecule has 0 saturated heterocycles. The molecule has 1 unspecified atom stereocenters. The molecule has 0 aliphatic carbocycles. The number of fused-ring (bicyclic) bond motifs is 1. The molecular weight excluding hydrogens is 246 g/mol. The summed E-state index contributed by atoms with van der Waals surface area (Å²) in [6.45, 7) is 7.60. The van der Waals surface area contributed by atoms with Crippen LogP contribution in [0.15, 0.2) is 48.9 Å². The van der Waals surface area contributed by atoms with Crippen molar-refractivity contribution in [3.8, 4) is 0 Å². The van der Waals surface area contributed by atoms with E-state index < -0.39 is 0 Å². The maximum Gasteiger partial charge on any atom is 0.111 e. The zero-order valence-corrected chi connectivity index (χ0v) is 12.3. The van der Waals surface area contributed by atoms with Gasteiger partial charge in [0, 0.05) is 42.6 Å². The molecule has 0 aliphatic heterocycles. The lowest BCUT2D eigenvalue weighted by Gasteiger charge is -2.19. The summed E-state index contributed by atoms with van der Waals surface area (Å²) in [5.41, 5.74) is 1.30. The lowest BCUT2D eigenvalue weighted by atomic mass is 10.2. The fourth-order valence-corrected chi connectivity index (χ4v) is 2.82. The molecule has 0 spiro atoms. The summed E-state index contributed by atoms with van der Waals surface area (Å²) in [5, 5.41) is 1.30. The van der Waals surface area contributed by atoms with E-state index in [1.54, 1.807) is 0 Å². The average Bonchev–Trinajstić information content (AvgIpc) is 3.06. The van der Waals surface area contributed by atoms with E-state index in [2.05, 4.69) is 77.6 Å². The maximum absolute atomic E-state index is 4.48. The van der Waals surface area contributed by atoms with E-state index in [9.17, 15) is 0 Å². The Labute approximate surface area is 119 Å².